The number of carbonyl (C=O) groups excluding carboxylic acids is 1. The normalized spacial score (nSPS) is 14.5. The topological polar surface area (TPSA) is 68.8 Å². The second-order valence-corrected chi connectivity index (χ2v) is 10.2. The highest BCUT2D eigenvalue weighted by atomic mass is 35.5. The predicted molar refractivity (Wildman–Crippen MR) is 139 cm³/mol. The molecular formula is C26H24Cl3N3O3. The van der Waals surface area contributed by atoms with Gasteiger partial charge in [0.25, 0.3) is 5.91 Å². The van der Waals surface area contributed by atoms with E-state index in [2.05, 4.69) is 9.56 Å². The third kappa shape index (κ3) is 4.51. The highest BCUT2D eigenvalue weighted by molar-refractivity contribution is 6.34. The van der Waals surface area contributed by atoms with Crippen molar-refractivity contribution in [2.75, 3.05) is 7.11 Å². The monoisotopic (exact) mass is 531 g/mol. The van der Waals surface area contributed by atoms with E-state index in [1.165, 1.54) is 44.5 Å². The summed E-state index contributed by atoms with van der Waals surface area (Å²) in [6.45, 7) is 0.833. The predicted octanol–water partition coefficient (Wildman–Crippen LogP) is 7.12. The van der Waals surface area contributed by atoms with Gasteiger partial charge >= 0.3 is 0 Å². The maximum absolute atomic E-state index is 13.5. The first kappa shape index (κ1) is 24.0. The fourth-order valence-corrected chi connectivity index (χ4v) is 5.82. The molecule has 2 heterocycles. The van der Waals surface area contributed by atoms with Gasteiger partial charge in [-0.25, -0.2) is 4.99 Å². The Labute approximate surface area is 217 Å². The Morgan fingerprint density at radius 2 is 1.80 bits per heavy atom. The molecule has 0 aliphatic heterocycles. The number of carbonyl (C=O) groups is 1. The SMILES string of the molecule is COc1ccc(C(=O)N=c2c(Cl)cn(O)cc2Cl)c2c3cc(Cl)ccc3n(CC3CCCCC3)c12. The van der Waals surface area contributed by atoms with Crippen molar-refractivity contribution < 1.29 is 14.7 Å². The molecule has 0 spiro atoms. The lowest BCUT2D eigenvalue weighted by atomic mass is 9.89. The molecule has 1 amide bonds. The molecule has 2 aromatic heterocycles. The van der Waals surface area contributed by atoms with E-state index in [4.69, 9.17) is 39.5 Å². The van der Waals surface area contributed by atoms with Crippen molar-refractivity contribution in [1.82, 2.24) is 9.30 Å². The van der Waals surface area contributed by atoms with Crippen molar-refractivity contribution >= 4 is 62.5 Å². The van der Waals surface area contributed by atoms with Crippen LogP contribution in [-0.2, 0) is 6.54 Å². The molecule has 0 radical (unpaired) electrons. The Balaban J connectivity index is 1.77. The van der Waals surface area contributed by atoms with Crippen molar-refractivity contribution in [3.05, 3.63) is 68.7 Å². The number of nitrogens with zero attached hydrogens (tertiary/aromatic N) is 3. The van der Waals surface area contributed by atoms with Crippen LogP contribution < -0.4 is 10.1 Å². The van der Waals surface area contributed by atoms with Crippen LogP contribution in [-0.4, -0.2) is 27.5 Å². The molecule has 0 unspecified atom stereocenters. The molecule has 1 N–H and O–H groups in total. The van der Waals surface area contributed by atoms with E-state index in [1.54, 1.807) is 19.2 Å². The van der Waals surface area contributed by atoms with Gasteiger partial charge in [-0.3, -0.25) is 4.79 Å². The largest absolute Gasteiger partial charge is 0.495 e. The molecule has 2 aromatic carbocycles. The number of ether oxygens (including phenoxy) is 1. The second kappa shape index (κ2) is 9.76. The van der Waals surface area contributed by atoms with Crippen LogP contribution >= 0.6 is 34.8 Å². The number of fused-ring (bicyclic) bond motifs is 3. The standard InChI is InChI=1S/C26H24Cl3N3O3/c1-35-22-10-8-17(26(33)30-24-19(28)13-31(34)14-20(24)29)23-18-11-16(27)7-9-21(18)32(25(22)23)12-15-5-3-2-4-6-15/h7-11,13-15,34H,2-6,12H2,1H3. The zero-order valence-electron chi connectivity index (χ0n) is 19.1. The fraction of sp³-hybridized carbons (Fsp3) is 0.308. The van der Waals surface area contributed by atoms with Gasteiger partial charge in [0.05, 0.1) is 40.6 Å². The van der Waals surface area contributed by atoms with E-state index in [0.29, 0.717) is 22.3 Å². The summed E-state index contributed by atoms with van der Waals surface area (Å²) in [5.74, 6) is 0.727. The molecule has 0 saturated heterocycles. The molecule has 9 heteroatoms. The van der Waals surface area contributed by atoms with Gasteiger partial charge in [0.2, 0.25) is 0 Å². The summed E-state index contributed by atoms with van der Waals surface area (Å²) in [6, 6.07) is 9.24. The zero-order valence-corrected chi connectivity index (χ0v) is 21.4. The summed E-state index contributed by atoms with van der Waals surface area (Å²) in [7, 11) is 1.63. The smallest absolute Gasteiger partial charge is 0.278 e. The molecule has 0 atom stereocenters. The summed E-state index contributed by atoms with van der Waals surface area (Å²) < 4.78 is 8.73. The summed E-state index contributed by atoms with van der Waals surface area (Å²) in [5.41, 5.74) is 2.23. The van der Waals surface area contributed by atoms with E-state index in [1.807, 2.05) is 18.2 Å². The number of benzene rings is 2. The first-order valence-corrected chi connectivity index (χ1v) is 12.6. The highest BCUT2D eigenvalue weighted by Gasteiger charge is 2.24. The summed E-state index contributed by atoms with van der Waals surface area (Å²) in [6.07, 6.45) is 8.56. The van der Waals surface area contributed by atoms with Crippen LogP contribution in [0.4, 0.5) is 0 Å². The Bertz CT molecular complexity index is 1490. The molecule has 5 rings (SSSR count). The molecule has 35 heavy (non-hydrogen) atoms. The third-order valence-electron chi connectivity index (χ3n) is 6.70. The number of pyridine rings is 1. The van der Waals surface area contributed by atoms with Gasteiger partial charge in [-0.1, -0.05) is 54.1 Å². The van der Waals surface area contributed by atoms with Crippen LogP contribution in [0.15, 0.2) is 47.7 Å². The van der Waals surface area contributed by atoms with Gasteiger partial charge in [-0.05, 0) is 49.1 Å². The van der Waals surface area contributed by atoms with Crippen molar-refractivity contribution in [3.63, 3.8) is 0 Å². The Morgan fingerprint density at radius 1 is 1.09 bits per heavy atom. The number of hydrogen-bond donors (Lipinski definition) is 1. The average Bonchev–Trinajstić information content (AvgIpc) is 3.15. The van der Waals surface area contributed by atoms with Crippen molar-refractivity contribution in [2.24, 2.45) is 10.9 Å². The Kier molecular flexibility index (Phi) is 6.71. The lowest BCUT2D eigenvalue weighted by Crippen LogP contribution is -2.14. The van der Waals surface area contributed by atoms with Crippen molar-refractivity contribution in [3.8, 4) is 5.75 Å². The maximum atomic E-state index is 13.5. The third-order valence-corrected chi connectivity index (χ3v) is 7.49. The number of methoxy groups -OCH3 is 1. The minimum absolute atomic E-state index is 0.0564. The van der Waals surface area contributed by atoms with E-state index >= 15 is 0 Å². The van der Waals surface area contributed by atoms with Gasteiger partial charge in [0.1, 0.15) is 11.1 Å². The van der Waals surface area contributed by atoms with Crippen molar-refractivity contribution in [2.45, 2.75) is 38.6 Å². The zero-order chi connectivity index (χ0) is 24.7. The number of hydrogen-bond acceptors (Lipinski definition) is 3. The van der Waals surface area contributed by atoms with Crippen LogP contribution in [0.1, 0.15) is 42.5 Å². The highest BCUT2D eigenvalue weighted by Crippen LogP contribution is 2.40. The summed E-state index contributed by atoms with van der Waals surface area (Å²) >= 11 is 18.8. The quantitative estimate of drug-likeness (QED) is 0.284. The van der Waals surface area contributed by atoms with Crippen LogP contribution in [0.3, 0.4) is 0 Å². The molecule has 1 saturated carbocycles. The lowest BCUT2D eigenvalue weighted by Gasteiger charge is -2.23. The van der Waals surface area contributed by atoms with Crippen LogP contribution in [0, 0.1) is 5.92 Å². The van der Waals surface area contributed by atoms with E-state index in [0.717, 1.165) is 33.1 Å². The molecule has 4 aromatic rings. The second-order valence-electron chi connectivity index (χ2n) is 8.91. The molecule has 6 nitrogen and oxygen atoms in total. The number of halogens is 3. The number of aromatic nitrogens is 2. The average molecular weight is 533 g/mol. The van der Waals surface area contributed by atoms with Gasteiger partial charge in [0, 0.05) is 27.9 Å². The molecule has 182 valence electrons. The van der Waals surface area contributed by atoms with E-state index < -0.39 is 5.91 Å². The van der Waals surface area contributed by atoms with E-state index in [9.17, 15) is 10.0 Å². The van der Waals surface area contributed by atoms with Gasteiger partial charge < -0.3 is 14.5 Å². The van der Waals surface area contributed by atoms with Gasteiger partial charge in [0.15, 0.2) is 0 Å². The summed E-state index contributed by atoms with van der Waals surface area (Å²) in [4.78, 5) is 17.7. The maximum Gasteiger partial charge on any atom is 0.278 e. The Hall–Kier alpha value is -2.67. The molecule has 0 bridgehead atoms. The lowest BCUT2D eigenvalue weighted by molar-refractivity contribution is 0.0999. The van der Waals surface area contributed by atoms with Crippen LogP contribution in [0.2, 0.25) is 15.1 Å². The molecular weight excluding hydrogens is 509 g/mol. The fourth-order valence-electron chi connectivity index (χ4n) is 5.11. The minimum Gasteiger partial charge on any atom is -0.495 e. The minimum atomic E-state index is -0.506. The van der Waals surface area contributed by atoms with Crippen LogP contribution in [0.25, 0.3) is 21.8 Å². The molecule has 1 fully saturated rings. The Morgan fingerprint density at radius 3 is 2.49 bits per heavy atom. The van der Waals surface area contributed by atoms with E-state index in [-0.39, 0.29) is 15.4 Å². The van der Waals surface area contributed by atoms with Gasteiger partial charge in [-0.2, -0.15) is 4.73 Å². The summed E-state index contributed by atoms with van der Waals surface area (Å²) in [5, 5.41) is 12.0. The number of amides is 1. The molecule has 1 aliphatic carbocycles. The first-order valence-electron chi connectivity index (χ1n) is 11.5. The van der Waals surface area contributed by atoms with Crippen LogP contribution in [0.5, 0.6) is 5.75 Å². The van der Waals surface area contributed by atoms with Crippen molar-refractivity contribution in [1.29, 1.82) is 0 Å². The first-order chi connectivity index (χ1) is 16.9. The number of rotatable bonds is 4. The van der Waals surface area contributed by atoms with Gasteiger partial charge in [-0.15, -0.1) is 0 Å². The molecule has 1 aliphatic rings.